The first-order valence-electron chi connectivity index (χ1n) is 7.49. The number of rotatable bonds is 1. The van der Waals surface area contributed by atoms with E-state index in [0.717, 1.165) is 23.7 Å². The lowest BCUT2D eigenvalue weighted by molar-refractivity contribution is -0.00158. The topological polar surface area (TPSA) is 20.2 Å². The van der Waals surface area contributed by atoms with E-state index in [-0.39, 0.29) is 0 Å². The molecule has 92 valence electrons. The van der Waals surface area contributed by atoms with Gasteiger partial charge in [0.2, 0.25) is 0 Å². The molecule has 1 N–H and O–H groups in total. The van der Waals surface area contributed by atoms with Gasteiger partial charge in [0.15, 0.2) is 0 Å². The monoisotopic (exact) mass is 222 g/mol. The van der Waals surface area contributed by atoms with Gasteiger partial charge in [-0.05, 0) is 48.9 Å². The van der Waals surface area contributed by atoms with Crippen LogP contribution in [-0.2, 0) is 0 Å². The second-order valence-corrected chi connectivity index (χ2v) is 6.57. The van der Waals surface area contributed by atoms with Crippen LogP contribution in [0.5, 0.6) is 0 Å². The number of fused-ring (bicyclic) bond motifs is 2. The standard InChI is InChI=1S/C15H26O/c16-10-14-7-3-6-13-8-11-4-1-2-5-12(11)9-15(13)14/h11-16H,1-10H2. The zero-order valence-corrected chi connectivity index (χ0v) is 10.4. The molecule has 0 radical (unpaired) electrons. The van der Waals surface area contributed by atoms with Gasteiger partial charge in [-0.3, -0.25) is 0 Å². The minimum Gasteiger partial charge on any atom is -0.396 e. The Balaban J connectivity index is 1.71. The molecule has 5 atom stereocenters. The highest BCUT2D eigenvalue weighted by Crippen LogP contribution is 2.51. The fraction of sp³-hybridized carbons (Fsp3) is 1.00. The van der Waals surface area contributed by atoms with E-state index in [1.165, 1.54) is 57.8 Å². The first-order valence-corrected chi connectivity index (χ1v) is 7.49. The summed E-state index contributed by atoms with van der Waals surface area (Å²) < 4.78 is 0. The molecule has 0 amide bonds. The molecule has 0 saturated heterocycles. The third kappa shape index (κ3) is 1.92. The van der Waals surface area contributed by atoms with Crippen LogP contribution in [0.25, 0.3) is 0 Å². The molecule has 0 aliphatic heterocycles. The number of aliphatic hydroxyl groups is 1. The Labute approximate surface area is 99.6 Å². The van der Waals surface area contributed by atoms with Crippen molar-refractivity contribution in [1.29, 1.82) is 0 Å². The first-order chi connectivity index (χ1) is 7.88. The van der Waals surface area contributed by atoms with Crippen LogP contribution in [0.2, 0.25) is 0 Å². The molecule has 3 fully saturated rings. The van der Waals surface area contributed by atoms with Gasteiger partial charge >= 0.3 is 0 Å². The van der Waals surface area contributed by atoms with Crippen molar-refractivity contribution < 1.29 is 5.11 Å². The van der Waals surface area contributed by atoms with Gasteiger partial charge in [-0.2, -0.15) is 0 Å². The van der Waals surface area contributed by atoms with Crippen molar-refractivity contribution in [2.75, 3.05) is 6.61 Å². The van der Waals surface area contributed by atoms with Gasteiger partial charge < -0.3 is 5.11 Å². The smallest absolute Gasteiger partial charge is 0.0462 e. The quantitative estimate of drug-likeness (QED) is 0.718. The summed E-state index contributed by atoms with van der Waals surface area (Å²) in [5.74, 6) is 4.61. The van der Waals surface area contributed by atoms with E-state index in [1.54, 1.807) is 0 Å². The van der Waals surface area contributed by atoms with Crippen molar-refractivity contribution in [3.63, 3.8) is 0 Å². The molecule has 3 aliphatic carbocycles. The summed E-state index contributed by atoms with van der Waals surface area (Å²) in [6.45, 7) is 0.457. The third-order valence-corrected chi connectivity index (χ3v) is 5.84. The normalized spacial score (nSPS) is 48.2. The molecule has 3 saturated carbocycles. The van der Waals surface area contributed by atoms with E-state index in [0.29, 0.717) is 12.5 Å². The highest BCUT2D eigenvalue weighted by atomic mass is 16.3. The second-order valence-electron chi connectivity index (χ2n) is 6.57. The summed E-state index contributed by atoms with van der Waals surface area (Å²) in [6.07, 6.45) is 13.1. The highest BCUT2D eigenvalue weighted by molar-refractivity contribution is 4.92. The predicted octanol–water partition coefficient (Wildman–Crippen LogP) is 3.61. The summed E-state index contributed by atoms with van der Waals surface area (Å²) >= 11 is 0. The summed E-state index contributed by atoms with van der Waals surface area (Å²) in [5.41, 5.74) is 0. The molecule has 5 unspecified atom stereocenters. The van der Waals surface area contributed by atoms with Crippen LogP contribution < -0.4 is 0 Å². The molecule has 0 spiro atoms. The maximum atomic E-state index is 9.53. The van der Waals surface area contributed by atoms with Gasteiger partial charge in [-0.25, -0.2) is 0 Å². The summed E-state index contributed by atoms with van der Waals surface area (Å²) in [7, 11) is 0. The lowest BCUT2D eigenvalue weighted by Crippen LogP contribution is -2.40. The van der Waals surface area contributed by atoms with Crippen LogP contribution in [0.3, 0.4) is 0 Å². The van der Waals surface area contributed by atoms with Gasteiger partial charge in [0.1, 0.15) is 0 Å². The average molecular weight is 222 g/mol. The molecular weight excluding hydrogens is 196 g/mol. The van der Waals surface area contributed by atoms with E-state index in [9.17, 15) is 5.11 Å². The van der Waals surface area contributed by atoms with Crippen LogP contribution in [0, 0.1) is 29.6 Å². The van der Waals surface area contributed by atoms with Crippen LogP contribution >= 0.6 is 0 Å². The fourth-order valence-electron chi connectivity index (χ4n) is 5.00. The Hall–Kier alpha value is -0.0400. The minimum atomic E-state index is 0.457. The zero-order valence-electron chi connectivity index (χ0n) is 10.4. The van der Waals surface area contributed by atoms with Crippen LogP contribution in [-0.4, -0.2) is 11.7 Å². The molecule has 16 heavy (non-hydrogen) atoms. The van der Waals surface area contributed by atoms with Crippen LogP contribution in [0.15, 0.2) is 0 Å². The SMILES string of the molecule is OCC1CCCC2CC3CCCCC3CC12. The average Bonchev–Trinajstić information content (AvgIpc) is 2.35. The Morgan fingerprint density at radius 3 is 2.19 bits per heavy atom. The molecule has 0 aromatic carbocycles. The predicted molar refractivity (Wildman–Crippen MR) is 66.1 cm³/mol. The van der Waals surface area contributed by atoms with Gasteiger partial charge in [-0.15, -0.1) is 0 Å². The zero-order chi connectivity index (χ0) is 11.0. The molecule has 0 aromatic heterocycles. The van der Waals surface area contributed by atoms with Crippen molar-refractivity contribution in [1.82, 2.24) is 0 Å². The first kappa shape index (κ1) is 11.1. The molecule has 0 aromatic rings. The van der Waals surface area contributed by atoms with Gasteiger partial charge in [0, 0.05) is 6.61 Å². The van der Waals surface area contributed by atoms with E-state index in [4.69, 9.17) is 0 Å². The molecule has 3 aliphatic rings. The molecule has 1 nitrogen and oxygen atoms in total. The van der Waals surface area contributed by atoms with Gasteiger partial charge in [0.05, 0.1) is 0 Å². The highest BCUT2D eigenvalue weighted by Gasteiger charge is 2.42. The largest absolute Gasteiger partial charge is 0.396 e. The van der Waals surface area contributed by atoms with E-state index < -0.39 is 0 Å². The maximum absolute atomic E-state index is 9.53. The lowest BCUT2D eigenvalue weighted by Gasteiger charge is -2.48. The number of hydrogen-bond acceptors (Lipinski definition) is 1. The van der Waals surface area contributed by atoms with Crippen molar-refractivity contribution in [3.8, 4) is 0 Å². The van der Waals surface area contributed by atoms with Gasteiger partial charge in [-0.1, -0.05) is 38.5 Å². The minimum absolute atomic E-state index is 0.457. The van der Waals surface area contributed by atoms with Crippen molar-refractivity contribution in [2.24, 2.45) is 29.6 Å². The Bertz CT molecular complexity index is 238. The summed E-state index contributed by atoms with van der Waals surface area (Å²) in [6, 6.07) is 0. The number of aliphatic hydroxyl groups excluding tert-OH is 1. The Morgan fingerprint density at radius 1 is 0.750 bits per heavy atom. The van der Waals surface area contributed by atoms with E-state index >= 15 is 0 Å². The maximum Gasteiger partial charge on any atom is 0.0462 e. The molecule has 3 rings (SSSR count). The molecule has 1 heteroatoms. The van der Waals surface area contributed by atoms with Crippen LogP contribution in [0.4, 0.5) is 0 Å². The van der Waals surface area contributed by atoms with Crippen molar-refractivity contribution in [2.45, 2.75) is 57.8 Å². The molecule has 0 heterocycles. The second kappa shape index (κ2) is 4.68. The van der Waals surface area contributed by atoms with Crippen LogP contribution in [0.1, 0.15) is 57.8 Å². The third-order valence-electron chi connectivity index (χ3n) is 5.84. The summed E-state index contributed by atoms with van der Waals surface area (Å²) in [4.78, 5) is 0. The number of hydrogen-bond donors (Lipinski definition) is 1. The van der Waals surface area contributed by atoms with E-state index in [2.05, 4.69) is 0 Å². The molecular formula is C15H26O. The Kier molecular flexibility index (Phi) is 3.24. The van der Waals surface area contributed by atoms with E-state index in [1.807, 2.05) is 0 Å². The summed E-state index contributed by atoms with van der Waals surface area (Å²) in [5, 5.41) is 9.53. The van der Waals surface area contributed by atoms with Gasteiger partial charge in [0.25, 0.3) is 0 Å². The molecule has 0 bridgehead atoms. The fourth-order valence-corrected chi connectivity index (χ4v) is 5.00. The Morgan fingerprint density at radius 2 is 1.44 bits per heavy atom. The van der Waals surface area contributed by atoms with Crippen molar-refractivity contribution in [3.05, 3.63) is 0 Å². The van der Waals surface area contributed by atoms with Crippen molar-refractivity contribution >= 4 is 0 Å². The lowest BCUT2D eigenvalue weighted by atomic mass is 9.57.